The first-order valence-electron chi connectivity index (χ1n) is 8.58. The summed E-state index contributed by atoms with van der Waals surface area (Å²) >= 11 is 1.29. The molecule has 1 heterocycles. The molecule has 3 rings (SSSR count). The Bertz CT molecular complexity index is 775. The van der Waals surface area contributed by atoms with Crippen LogP contribution in [0.2, 0.25) is 0 Å². The third-order valence-electron chi connectivity index (χ3n) is 4.23. The topological polar surface area (TPSA) is 84.0 Å². The van der Waals surface area contributed by atoms with Gasteiger partial charge in [0.05, 0.1) is 22.5 Å². The number of aromatic nitrogens is 2. The second-order valence-corrected chi connectivity index (χ2v) is 7.21. The van der Waals surface area contributed by atoms with Gasteiger partial charge >= 0.3 is 6.03 Å². The number of hydrogen-bond acceptors (Lipinski definition) is 5. The molecule has 2 N–H and O–H groups in total. The lowest BCUT2D eigenvalue weighted by Gasteiger charge is -2.22. The molecule has 132 valence electrons. The number of nitrogens with zero attached hydrogens (tertiary/aromatic N) is 2. The van der Waals surface area contributed by atoms with E-state index in [2.05, 4.69) is 20.6 Å². The van der Waals surface area contributed by atoms with Crippen LogP contribution in [0.3, 0.4) is 0 Å². The molecular weight excluding hydrogens is 336 g/mol. The van der Waals surface area contributed by atoms with Gasteiger partial charge in [0.15, 0.2) is 0 Å². The van der Waals surface area contributed by atoms with Crippen LogP contribution in [0.1, 0.15) is 37.8 Å². The van der Waals surface area contributed by atoms with Gasteiger partial charge in [-0.2, -0.15) is 0 Å². The lowest BCUT2D eigenvalue weighted by Crippen LogP contribution is -2.45. The number of rotatable bonds is 4. The van der Waals surface area contributed by atoms with Crippen molar-refractivity contribution in [1.82, 2.24) is 20.6 Å². The van der Waals surface area contributed by atoms with E-state index in [1.807, 2.05) is 31.2 Å². The molecule has 0 radical (unpaired) electrons. The summed E-state index contributed by atoms with van der Waals surface area (Å²) in [6.45, 7) is 1.87. The molecule has 1 aromatic heterocycles. The number of thioether (sulfide) groups is 1. The van der Waals surface area contributed by atoms with Gasteiger partial charge in [0.1, 0.15) is 5.03 Å². The molecule has 0 saturated heterocycles. The quantitative estimate of drug-likeness (QED) is 0.820. The Hall–Kier alpha value is -2.15. The Labute approximate surface area is 151 Å². The number of carbonyl (C=O) groups is 2. The van der Waals surface area contributed by atoms with Gasteiger partial charge < -0.3 is 5.32 Å². The van der Waals surface area contributed by atoms with E-state index in [1.165, 1.54) is 18.2 Å². The highest BCUT2D eigenvalue weighted by molar-refractivity contribution is 7.99. The van der Waals surface area contributed by atoms with Crippen LogP contribution in [0, 0.1) is 6.92 Å². The van der Waals surface area contributed by atoms with Crippen molar-refractivity contribution in [3.05, 3.63) is 30.0 Å². The number of fused-ring (bicyclic) bond motifs is 1. The van der Waals surface area contributed by atoms with Crippen molar-refractivity contribution < 1.29 is 9.59 Å². The number of hydrogen-bond donors (Lipinski definition) is 2. The van der Waals surface area contributed by atoms with Gasteiger partial charge in [-0.05, 0) is 31.9 Å². The second-order valence-electron chi connectivity index (χ2n) is 6.25. The van der Waals surface area contributed by atoms with Crippen molar-refractivity contribution in [3.63, 3.8) is 0 Å². The molecular formula is C18H22N4O2S. The van der Waals surface area contributed by atoms with Gasteiger partial charge in [-0.15, -0.1) is 0 Å². The molecule has 3 amide bonds. The highest BCUT2D eigenvalue weighted by Crippen LogP contribution is 2.21. The van der Waals surface area contributed by atoms with Crippen LogP contribution >= 0.6 is 11.8 Å². The molecule has 2 aromatic rings. The lowest BCUT2D eigenvalue weighted by atomic mass is 9.96. The third kappa shape index (κ3) is 4.92. The molecule has 1 aliphatic rings. The van der Waals surface area contributed by atoms with Gasteiger partial charge in [-0.3, -0.25) is 10.1 Å². The summed E-state index contributed by atoms with van der Waals surface area (Å²) in [5.41, 5.74) is 2.41. The molecule has 1 fully saturated rings. The first-order valence-corrected chi connectivity index (χ1v) is 9.57. The normalized spacial score (nSPS) is 15.1. The number of amides is 3. The van der Waals surface area contributed by atoms with E-state index in [0.29, 0.717) is 5.03 Å². The summed E-state index contributed by atoms with van der Waals surface area (Å²) in [6.07, 6.45) is 5.47. The largest absolute Gasteiger partial charge is 0.335 e. The van der Waals surface area contributed by atoms with Crippen molar-refractivity contribution >= 4 is 34.7 Å². The summed E-state index contributed by atoms with van der Waals surface area (Å²) in [5.74, 6) is -0.195. The summed E-state index contributed by atoms with van der Waals surface area (Å²) in [5, 5.41) is 5.98. The first kappa shape index (κ1) is 17.7. The summed E-state index contributed by atoms with van der Waals surface area (Å²) in [6, 6.07) is 7.40. The standard InChI is InChI=1S/C18H22N4O2S/c1-12-17(21-15-10-6-5-9-14(15)19-12)25-11-16(23)22-18(24)20-13-7-3-2-4-8-13/h5-6,9-10,13H,2-4,7-8,11H2,1H3,(H2,20,22,23,24). The van der Waals surface area contributed by atoms with Crippen molar-refractivity contribution in [1.29, 1.82) is 0 Å². The fourth-order valence-corrected chi connectivity index (χ4v) is 3.73. The van der Waals surface area contributed by atoms with Crippen LogP contribution in [0.25, 0.3) is 11.0 Å². The van der Waals surface area contributed by atoms with E-state index in [9.17, 15) is 9.59 Å². The van der Waals surface area contributed by atoms with E-state index in [0.717, 1.165) is 42.4 Å². The predicted molar refractivity (Wildman–Crippen MR) is 98.5 cm³/mol. The third-order valence-corrected chi connectivity index (χ3v) is 5.30. The number of imide groups is 1. The minimum absolute atomic E-state index is 0.131. The van der Waals surface area contributed by atoms with Crippen LogP contribution < -0.4 is 10.6 Å². The van der Waals surface area contributed by atoms with Gasteiger partial charge in [0.2, 0.25) is 5.91 Å². The maximum Gasteiger partial charge on any atom is 0.321 e. The summed E-state index contributed by atoms with van der Waals surface area (Å²) in [4.78, 5) is 32.9. The second kappa shape index (κ2) is 8.29. The van der Waals surface area contributed by atoms with Crippen molar-refractivity contribution in [3.8, 4) is 0 Å². The van der Waals surface area contributed by atoms with Crippen LogP contribution in [0.4, 0.5) is 4.79 Å². The molecule has 1 aliphatic carbocycles. The highest BCUT2D eigenvalue weighted by Gasteiger charge is 2.17. The summed E-state index contributed by atoms with van der Waals surface area (Å²) in [7, 11) is 0. The van der Waals surface area contributed by atoms with Gasteiger partial charge in [0.25, 0.3) is 0 Å². The zero-order valence-corrected chi connectivity index (χ0v) is 15.1. The van der Waals surface area contributed by atoms with E-state index in [1.54, 1.807) is 0 Å². The predicted octanol–water partition coefficient (Wildman–Crippen LogP) is 3.19. The maximum atomic E-state index is 12.0. The molecule has 0 spiro atoms. The van der Waals surface area contributed by atoms with Crippen molar-refractivity contribution in [2.45, 2.75) is 50.1 Å². The van der Waals surface area contributed by atoms with Crippen molar-refractivity contribution in [2.75, 3.05) is 5.75 Å². The van der Waals surface area contributed by atoms with Gasteiger partial charge in [-0.25, -0.2) is 14.8 Å². The Morgan fingerprint density at radius 3 is 2.52 bits per heavy atom. The van der Waals surface area contributed by atoms with Crippen LogP contribution in [-0.2, 0) is 4.79 Å². The fraction of sp³-hybridized carbons (Fsp3) is 0.444. The number of nitrogens with one attached hydrogen (secondary N) is 2. The van der Waals surface area contributed by atoms with Gasteiger partial charge in [0, 0.05) is 6.04 Å². The summed E-state index contributed by atoms with van der Waals surface area (Å²) < 4.78 is 0. The zero-order chi connectivity index (χ0) is 17.6. The number of para-hydroxylation sites is 2. The SMILES string of the molecule is Cc1nc2ccccc2nc1SCC(=O)NC(=O)NC1CCCCC1. The van der Waals surface area contributed by atoms with Crippen LogP contribution in [0.15, 0.2) is 29.3 Å². The number of urea groups is 1. The Morgan fingerprint density at radius 1 is 1.12 bits per heavy atom. The maximum absolute atomic E-state index is 12.0. The number of aryl methyl sites for hydroxylation is 1. The minimum atomic E-state index is -0.404. The van der Waals surface area contributed by atoms with Gasteiger partial charge in [-0.1, -0.05) is 43.2 Å². The van der Waals surface area contributed by atoms with E-state index in [-0.39, 0.29) is 17.7 Å². The van der Waals surface area contributed by atoms with E-state index in [4.69, 9.17) is 0 Å². The Balaban J connectivity index is 1.51. The monoisotopic (exact) mass is 358 g/mol. The zero-order valence-electron chi connectivity index (χ0n) is 14.2. The smallest absolute Gasteiger partial charge is 0.321 e. The number of carbonyl (C=O) groups excluding carboxylic acids is 2. The molecule has 1 saturated carbocycles. The minimum Gasteiger partial charge on any atom is -0.335 e. The molecule has 0 aliphatic heterocycles. The highest BCUT2D eigenvalue weighted by atomic mass is 32.2. The molecule has 0 unspecified atom stereocenters. The molecule has 1 aromatic carbocycles. The average molecular weight is 358 g/mol. The van der Waals surface area contributed by atoms with E-state index >= 15 is 0 Å². The molecule has 0 atom stereocenters. The van der Waals surface area contributed by atoms with Crippen LogP contribution in [-0.4, -0.2) is 33.7 Å². The lowest BCUT2D eigenvalue weighted by molar-refractivity contribution is -0.117. The fourth-order valence-electron chi connectivity index (χ4n) is 2.97. The molecule has 6 nitrogen and oxygen atoms in total. The average Bonchev–Trinajstić information content (AvgIpc) is 2.60. The van der Waals surface area contributed by atoms with Crippen LogP contribution in [0.5, 0.6) is 0 Å². The first-order chi connectivity index (χ1) is 12.1. The molecule has 7 heteroatoms. The Morgan fingerprint density at radius 2 is 1.80 bits per heavy atom. The van der Waals surface area contributed by atoms with Crippen molar-refractivity contribution in [2.24, 2.45) is 0 Å². The van der Waals surface area contributed by atoms with E-state index < -0.39 is 6.03 Å². The number of benzene rings is 1. The molecule has 25 heavy (non-hydrogen) atoms. The Kier molecular flexibility index (Phi) is 5.86. The molecule has 0 bridgehead atoms.